The standard InChI is InChI=1S/C21H21N3O2S/c1-13-9-14(2)19-17(10-13)27-21(22-19)23-20(26)16-6-3-5-15(11-16)12-24-8-4-7-18(24)25/h3,5-6,9-11H,4,7-8,12H2,1-2H3,(H,22,23,26). The maximum atomic E-state index is 12.7. The number of anilines is 1. The number of benzene rings is 2. The molecule has 1 fully saturated rings. The molecule has 3 aromatic rings. The molecule has 1 aliphatic heterocycles. The van der Waals surface area contributed by atoms with E-state index in [0.29, 0.717) is 23.7 Å². The Bertz CT molecular complexity index is 1040. The first kappa shape index (κ1) is 17.7. The van der Waals surface area contributed by atoms with Gasteiger partial charge in [0, 0.05) is 25.1 Å². The van der Waals surface area contributed by atoms with Gasteiger partial charge < -0.3 is 4.90 Å². The maximum Gasteiger partial charge on any atom is 0.257 e. The minimum Gasteiger partial charge on any atom is -0.338 e. The van der Waals surface area contributed by atoms with E-state index >= 15 is 0 Å². The minimum absolute atomic E-state index is 0.182. The third kappa shape index (κ3) is 3.71. The van der Waals surface area contributed by atoms with Gasteiger partial charge in [-0.15, -0.1) is 0 Å². The largest absolute Gasteiger partial charge is 0.338 e. The van der Waals surface area contributed by atoms with Crippen LogP contribution in [-0.2, 0) is 11.3 Å². The minimum atomic E-state index is -0.182. The molecule has 2 amide bonds. The second-order valence-electron chi connectivity index (χ2n) is 7.02. The number of hydrogen-bond acceptors (Lipinski definition) is 4. The molecule has 6 heteroatoms. The van der Waals surface area contributed by atoms with Gasteiger partial charge in [-0.3, -0.25) is 14.9 Å². The van der Waals surface area contributed by atoms with Gasteiger partial charge in [0.2, 0.25) is 5.91 Å². The van der Waals surface area contributed by atoms with Crippen molar-refractivity contribution in [3.8, 4) is 0 Å². The van der Waals surface area contributed by atoms with Gasteiger partial charge in [-0.05, 0) is 55.2 Å². The number of carbonyl (C=O) groups excluding carboxylic acids is 2. The second kappa shape index (κ2) is 7.12. The maximum absolute atomic E-state index is 12.7. The molecule has 138 valence electrons. The molecule has 0 bridgehead atoms. The van der Waals surface area contributed by atoms with Crippen LogP contribution in [0.4, 0.5) is 5.13 Å². The van der Waals surface area contributed by atoms with E-state index in [0.717, 1.165) is 34.3 Å². The summed E-state index contributed by atoms with van der Waals surface area (Å²) in [6.45, 7) is 5.43. The lowest BCUT2D eigenvalue weighted by Crippen LogP contribution is -2.24. The van der Waals surface area contributed by atoms with E-state index in [9.17, 15) is 9.59 Å². The first-order chi connectivity index (χ1) is 13.0. The number of likely N-dealkylation sites (tertiary alicyclic amines) is 1. The molecule has 2 aromatic carbocycles. The van der Waals surface area contributed by atoms with Crippen LogP contribution in [0.3, 0.4) is 0 Å². The van der Waals surface area contributed by atoms with Crippen LogP contribution in [-0.4, -0.2) is 28.2 Å². The number of fused-ring (bicyclic) bond motifs is 1. The summed E-state index contributed by atoms with van der Waals surface area (Å²) in [4.78, 5) is 30.9. The summed E-state index contributed by atoms with van der Waals surface area (Å²) >= 11 is 1.48. The van der Waals surface area contributed by atoms with Crippen LogP contribution in [0.2, 0.25) is 0 Å². The molecule has 0 atom stereocenters. The zero-order chi connectivity index (χ0) is 19.0. The predicted octanol–water partition coefficient (Wildman–Crippen LogP) is 4.29. The highest BCUT2D eigenvalue weighted by atomic mass is 32.1. The third-order valence-corrected chi connectivity index (χ3v) is 5.70. The van der Waals surface area contributed by atoms with E-state index in [2.05, 4.69) is 29.4 Å². The van der Waals surface area contributed by atoms with E-state index < -0.39 is 0 Å². The lowest BCUT2D eigenvalue weighted by atomic mass is 10.1. The van der Waals surface area contributed by atoms with Crippen molar-refractivity contribution in [2.24, 2.45) is 0 Å². The van der Waals surface area contributed by atoms with Crippen molar-refractivity contribution >= 4 is 38.5 Å². The molecule has 0 spiro atoms. The van der Waals surface area contributed by atoms with Crippen LogP contribution in [0, 0.1) is 13.8 Å². The number of nitrogens with one attached hydrogen (secondary N) is 1. The fourth-order valence-electron chi connectivity index (χ4n) is 3.50. The monoisotopic (exact) mass is 379 g/mol. The van der Waals surface area contributed by atoms with Gasteiger partial charge in [0.05, 0.1) is 10.2 Å². The lowest BCUT2D eigenvalue weighted by Gasteiger charge is -2.15. The van der Waals surface area contributed by atoms with Gasteiger partial charge in [0.15, 0.2) is 5.13 Å². The fraction of sp³-hybridized carbons (Fsp3) is 0.286. The van der Waals surface area contributed by atoms with Crippen molar-refractivity contribution in [2.45, 2.75) is 33.2 Å². The van der Waals surface area contributed by atoms with Crippen LogP contribution < -0.4 is 5.32 Å². The Hall–Kier alpha value is -2.73. The van der Waals surface area contributed by atoms with Crippen molar-refractivity contribution < 1.29 is 9.59 Å². The molecule has 0 unspecified atom stereocenters. The third-order valence-electron chi connectivity index (χ3n) is 4.78. The molecular formula is C21H21N3O2S. The highest BCUT2D eigenvalue weighted by Gasteiger charge is 2.20. The van der Waals surface area contributed by atoms with Gasteiger partial charge in [-0.1, -0.05) is 29.5 Å². The van der Waals surface area contributed by atoms with Gasteiger partial charge >= 0.3 is 0 Å². The number of aryl methyl sites for hydroxylation is 2. The van der Waals surface area contributed by atoms with Crippen molar-refractivity contribution in [2.75, 3.05) is 11.9 Å². The average molecular weight is 379 g/mol. The molecular weight excluding hydrogens is 358 g/mol. The van der Waals surface area contributed by atoms with Gasteiger partial charge in [-0.25, -0.2) is 4.98 Å². The Morgan fingerprint density at radius 3 is 2.89 bits per heavy atom. The van der Waals surface area contributed by atoms with Crippen LogP contribution in [0.25, 0.3) is 10.2 Å². The van der Waals surface area contributed by atoms with Gasteiger partial charge in [0.1, 0.15) is 0 Å². The zero-order valence-corrected chi connectivity index (χ0v) is 16.2. The van der Waals surface area contributed by atoms with E-state index in [1.807, 2.05) is 30.0 Å². The summed E-state index contributed by atoms with van der Waals surface area (Å²) in [5.41, 5.74) is 4.77. The van der Waals surface area contributed by atoms with Crippen LogP contribution in [0.1, 0.15) is 39.9 Å². The summed E-state index contributed by atoms with van der Waals surface area (Å²) in [5, 5.41) is 3.51. The number of nitrogens with zero attached hydrogens (tertiary/aromatic N) is 2. The molecule has 0 saturated carbocycles. The highest BCUT2D eigenvalue weighted by molar-refractivity contribution is 7.22. The normalized spacial score (nSPS) is 14.1. The quantitative estimate of drug-likeness (QED) is 0.736. The number of rotatable bonds is 4. The Morgan fingerprint density at radius 2 is 2.11 bits per heavy atom. The lowest BCUT2D eigenvalue weighted by molar-refractivity contribution is -0.128. The SMILES string of the molecule is Cc1cc(C)c2nc(NC(=O)c3cccc(CN4CCCC4=O)c3)sc2c1. The van der Waals surface area contributed by atoms with Crippen molar-refractivity contribution in [1.29, 1.82) is 0 Å². The summed E-state index contributed by atoms with van der Waals surface area (Å²) in [6, 6.07) is 11.6. The van der Waals surface area contributed by atoms with Crippen molar-refractivity contribution in [3.05, 3.63) is 58.7 Å². The molecule has 0 aliphatic carbocycles. The molecule has 5 nitrogen and oxygen atoms in total. The Balaban J connectivity index is 1.52. The average Bonchev–Trinajstić information content (AvgIpc) is 3.21. The first-order valence-corrected chi connectivity index (χ1v) is 9.87. The van der Waals surface area contributed by atoms with Crippen LogP contribution in [0.5, 0.6) is 0 Å². The topological polar surface area (TPSA) is 62.3 Å². The molecule has 0 radical (unpaired) electrons. The molecule has 27 heavy (non-hydrogen) atoms. The predicted molar refractivity (Wildman–Crippen MR) is 108 cm³/mol. The Labute approximate surface area is 162 Å². The fourth-order valence-corrected chi connectivity index (χ4v) is 4.53. The van der Waals surface area contributed by atoms with Gasteiger partial charge in [0.25, 0.3) is 5.91 Å². The number of aromatic nitrogens is 1. The van der Waals surface area contributed by atoms with Crippen molar-refractivity contribution in [3.63, 3.8) is 0 Å². The van der Waals surface area contributed by atoms with Crippen molar-refractivity contribution in [1.82, 2.24) is 9.88 Å². The second-order valence-corrected chi connectivity index (χ2v) is 8.05. The summed E-state index contributed by atoms with van der Waals surface area (Å²) in [5.74, 6) is 0.00280. The summed E-state index contributed by atoms with van der Waals surface area (Å²) in [7, 11) is 0. The molecule has 2 heterocycles. The van der Waals surface area contributed by atoms with Crippen LogP contribution >= 0.6 is 11.3 Å². The first-order valence-electron chi connectivity index (χ1n) is 9.05. The molecule has 4 rings (SSSR count). The van der Waals surface area contributed by atoms with E-state index in [-0.39, 0.29) is 11.8 Å². The number of thiazole rings is 1. The number of hydrogen-bond donors (Lipinski definition) is 1. The Morgan fingerprint density at radius 1 is 1.26 bits per heavy atom. The van der Waals surface area contributed by atoms with E-state index in [1.165, 1.54) is 16.9 Å². The number of amides is 2. The van der Waals surface area contributed by atoms with Crippen LogP contribution in [0.15, 0.2) is 36.4 Å². The van der Waals surface area contributed by atoms with E-state index in [1.54, 1.807) is 6.07 Å². The highest BCUT2D eigenvalue weighted by Crippen LogP contribution is 2.29. The van der Waals surface area contributed by atoms with E-state index in [4.69, 9.17) is 0 Å². The summed E-state index contributed by atoms with van der Waals surface area (Å²) < 4.78 is 1.07. The smallest absolute Gasteiger partial charge is 0.257 e. The molecule has 1 aromatic heterocycles. The zero-order valence-electron chi connectivity index (χ0n) is 15.4. The van der Waals surface area contributed by atoms with Gasteiger partial charge in [-0.2, -0.15) is 0 Å². The Kier molecular flexibility index (Phi) is 4.66. The molecule has 1 aliphatic rings. The molecule has 1 N–H and O–H groups in total. The number of carbonyl (C=O) groups is 2. The molecule has 1 saturated heterocycles. The summed E-state index contributed by atoms with van der Waals surface area (Å²) in [6.07, 6.45) is 1.53.